The molecule has 0 saturated carbocycles. The third-order valence-corrected chi connectivity index (χ3v) is 3.67. The van der Waals surface area contributed by atoms with E-state index >= 15 is 0 Å². The summed E-state index contributed by atoms with van der Waals surface area (Å²) in [6.07, 6.45) is 5.38. The van der Waals surface area contributed by atoms with E-state index in [4.69, 9.17) is 0 Å². The van der Waals surface area contributed by atoms with Crippen LogP contribution in [0.25, 0.3) is 0 Å². The SMILES string of the molecule is CCn1cnnc1C1(CC)CCNCC1. The molecule has 2 heterocycles. The average Bonchev–Trinajstić information content (AvgIpc) is 2.78. The molecule has 1 N–H and O–H groups in total. The van der Waals surface area contributed by atoms with Gasteiger partial charge in [0, 0.05) is 12.0 Å². The van der Waals surface area contributed by atoms with Crippen LogP contribution in [0.15, 0.2) is 6.33 Å². The molecule has 1 aliphatic rings. The highest BCUT2D eigenvalue weighted by Crippen LogP contribution is 2.35. The number of hydrogen-bond donors (Lipinski definition) is 1. The molecule has 84 valence electrons. The van der Waals surface area contributed by atoms with Crippen LogP contribution in [0.5, 0.6) is 0 Å². The van der Waals surface area contributed by atoms with Crippen molar-refractivity contribution in [3.63, 3.8) is 0 Å². The Morgan fingerprint density at radius 1 is 1.40 bits per heavy atom. The van der Waals surface area contributed by atoms with E-state index in [1.807, 2.05) is 6.33 Å². The predicted octanol–water partition coefficient (Wildman–Crippen LogP) is 1.33. The van der Waals surface area contributed by atoms with E-state index in [1.165, 1.54) is 18.7 Å². The minimum Gasteiger partial charge on any atom is -0.317 e. The lowest BCUT2D eigenvalue weighted by Gasteiger charge is -2.35. The third kappa shape index (κ3) is 1.78. The fourth-order valence-electron chi connectivity index (χ4n) is 2.54. The van der Waals surface area contributed by atoms with Crippen LogP contribution in [-0.4, -0.2) is 27.9 Å². The monoisotopic (exact) mass is 208 g/mol. The minimum atomic E-state index is 0.262. The Morgan fingerprint density at radius 3 is 2.73 bits per heavy atom. The summed E-state index contributed by atoms with van der Waals surface area (Å²) in [6, 6.07) is 0. The molecule has 0 unspecified atom stereocenters. The van der Waals surface area contributed by atoms with E-state index in [0.717, 1.165) is 26.1 Å². The fourth-order valence-corrected chi connectivity index (χ4v) is 2.54. The van der Waals surface area contributed by atoms with Crippen molar-refractivity contribution in [3.05, 3.63) is 12.2 Å². The maximum atomic E-state index is 4.34. The van der Waals surface area contributed by atoms with Crippen molar-refractivity contribution >= 4 is 0 Å². The molecule has 0 atom stereocenters. The summed E-state index contributed by atoms with van der Waals surface area (Å²) in [5.41, 5.74) is 0.262. The lowest BCUT2D eigenvalue weighted by Crippen LogP contribution is -2.41. The van der Waals surface area contributed by atoms with E-state index in [0.29, 0.717) is 0 Å². The molecule has 1 aromatic rings. The van der Waals surface area contributed by atoms with E-state index in [-0.39, 0.29) is 5.41 Å². The molecule has 15 heavy (non-hydrogen) atoms. The van der Waals surface area contributed by atoms with Crippen molar-refractivity contribution in [2.75, 3.05) is 13.1 Å². The Balaban J connectivity index is 2.32. The maximum absolute atomic E-state index is 4.34. The first-order chi connectivity index (χ1) is 7.32. The van der Waals surface area contributed by atoms with Gasteiger partial charge in [0.05, 0.1) is 0 Å². The van der Waals surface area contributed by atoms with Crippen LogP contribution in [0.2, 0.25) is 0 Å². The molecule has 0 aromatic carbocycles. The second-order valence-corrected chi connectivity index (χ2v) is 4.32. The standard InChI is InChI=1S/C11H20N4/c1-3-11(5-7-12-8-6-11)10-14-13-9-15(10)4-2/h9,12H,3-8H2,1-2H3. The highest BCUT2D eigenvalue weighted by molar-refractivity contribution is 5.09. The molecular weight excluding hydrogens is 188 g/mol. The molecular formula is C11H20N4. The highest BCUT2D eigenvalue weighted by Gasteiger charge is 2.36. The predicted molar refractivity (Wildman–Crippen MR) is 59.8 cm³/mol. The molecule has 0 bridgehead atoms. The molecule has 0 amide bonds. The molecule has 4 nitrogen and oxygen atoms in total. The van der Waals surface area contributed by atoms with Crippen LogP contribution in [0.1, 0.15) is 38.9 Å². The van der Waals surface area contributed by atoms with Crippen molar-refractivity contribution in [1.29, 1.82) is 0 Å². The zero-order chi connectivity index (χ0) is 10.7. The number of nitrogens with zero attached hydrogens (tertiary/aromatic N) is 3. The van der Waals surface area contributed by atoms with Gasteiger partial charge in [-0.15, -0.1) is 10.2 Å². The van der Waals surface area contributed by atoms with Crippen LogP contribution in [-0.2, 0) is 12.0 Å². The Hall–Kier alpha value is -0.900. The Morgan fingerprint density at radius 2 is 2.13 bits per heavy atom. The molecule has 0 radical (unpaired) electrons. The van der Waals surface area contributed by atoms with Crippen molar-refractivity contribution < 1.29 is 0 Å². The molecule has 0 aliphatic carbocycles. The number of aromatic nitrogens is 3. The maximum Gasteiger partial charge on any atom is 0.139 e. The van der Waals surface area contributed by atoms with Crippen LogP contribution in [0.3, 0.4) is 0 Å². The first-order valence-electron chi connectivity index (χ1n) is 5.91. The smallest absolute Gasteiger partial charge is 0.139 e. The van der Waals surface area contributed by atoms with Crippen molar-refractivity contribution in [3.8, 4) is 0 Å². The summed E-state index contributed by atoms with van der Waals surface area (Å²) in [6.45, 7) is 7.59. The summed E-state index contributed by atoms with van der Waals surface area (Å²) in [5, 5.41) is 11.8. The fraction of sp³-hybridized carbons (Fsp3) is 0.818. The zero-order valence-corrected chi connectivity index (χ0v) is 9.66. The molecule has 2 rings (SSSR count). The first kappa shape index (κ1) is 10.6. The highest BCUT2D eigenvalue weighted by atomic mass is 15.3. The molecule has 1 aromatic heterocycles. The van der Waals surface area contributed by atoms with Gasteiger partial charge in [0.15, 0.2) is 0 Å². The average molecular weight is 208 g/mol. The van der Waals surface area contributed by atoms with Gasteiger partial charge in [-0.05, 0) is 39.3 Å². The normalized spacial score (nSPS) is 20.4. The minimum absolute atomic E-state index is 0.262. The molecule has 1 aliphatic heterocycles. The Bertz CT molecular complexity index is 312. The number of hydrogen-bond acceptors (Lipinski definition) is 3. The molecule has 0 spiro atoms. The summed E-state index contributed by atoms with van der Waals surface area (Å²) in [5.74, 6) is 1.19. The van der Waals surface area contributed by atoms with Crippen molar-refractivity contribution in [2.45, 2.75) is 45.1 Å². The van der Waals surface area contributed by atoms with Gasteiger partial charge in [-0.25, -0.2) is 0 Å². The lowest BCUT2D eigenvalue weighted by molar-refractivity contribution is 0.273. The summed E-state index contributed by atoms with van der Waals surface area (Å²) >= 11 is 0. The van der Waals surface area contributed by atoms with Gasteiger partial charge >= 0.3 is 0 Å². The van der Waals surface area contributed by atoms with Crippen LogP contribution < -0.4 is 5.32 Å². The van der Waals surface area contributed by atoms with Gasteiger partial charge < -0.3 is 9.88 Å². The van der Waals surface area contributed by atoms with Crippen molar-refractivity contribution in [2.24, 2.45) is 0 Å². The lowest BCUT2D eigenvalue weighted by atomic mass is 9.76. The quantitative estimate of drug-likeness (QED) is 0.815. The summed E-state index contributed by atoms with van der Waals surface area (Å²) in [4.78, 5) is 0. The van der Waals surface area contributed by atoms with Gasteiger partial charge in [-0.2, -0.15) is 0 Å². The van der Waals surface area contributed by atoms with Crippen molar-refractivity contribution in [1.82, 2.24) is 20.1 Å². The first-order valence-corrected chi connectivity index (χ1v) is 5.91. The van der Waals surface area contributed by atoms with Crippen LogP contribution >= 0.6 is 0 Å². The Labute approximate surface area is 91.1 Å². The number of nitrogens with one attached hydrogen (secondary N) is 1. The largest absolute Gasteiger partial charge is 0.317 e. The number of aryl methyl sites for hydroxylation is 1. The Kier molecular flexibility index (Phi) is 3.05. The van der Waals surface area contributed by atoms with Gasteiger partial charge in [0.25, 0.3) is 0 Å². The number of piperidine rings is 1. The third-order valence-electron chi connectivity index (χ3n) is 3.67. The van der Waals surface area contributed by atoms with E-state index in [1.54, 1.807) is 0 Å². The molecule has 1 fully saturated rings. The van der Waals surface area contributed by atoms with Gasteiger partial charge in [0.1, 0.15) is 12.2 Å². The topological polar surface area (TPSA) is 42.7 Å². The number of rotatable bonds is 3. The molecule has 1 saturated heterocycles. The van der Waals surface area contributed by atoms with E-state index in [2.05, 4.69) is 33.9 Å². The zero-order valence-electron chi connectivity index (χ0n) is 9.66. The van der Waals surface area contributed by atoms with Gasteiger partial charge in [-0.1, -0.05) is 6.92 Å². The molecule has 4 heteroatoms. The van der Waals surface area contributed by atoms with Crippen LogP contribution in [0.4, 0.5) is 0 Å². The van der Waals surface area contributed by atoms with Crippen LogP contribution in [0, 0.1) is 0 Å². The van der Waals surface area contributed by atoms with Gasteiger partial charge in [-0.3, -0.25) is 0 Å². The second kappa shape index (κ2) is 4.31. The van der Waals surface area contributed by atoms with E-state index < -0.39 is 0 Å². The van der Waals surface area contributed by atoms with E-state index in [9.17, 15) is 0 Å². The van der Waals surface area contributed by atoms with Gasteiger partial charge in [0.2, 0.25) is 0 Å². The second-order valence-electron chi connectivity index (χ2n) is 4.32. The summed E-state index contributed by atoms with van der Waals surface area (Å²) in [7, 11) is 0. The summed E-state index contributed by atoms with van der Waals surface area (Å²) < 4.78 is 2.19.